The molecule has 13 heteroatoms. The van der Waals surface area contributed by atoms with Crippen LogP contribution in [0.5, 0.6) is 5.75 Å². The topological polar surface area (TPSA) is 106 Å². The molecule has 35 heavy (non-hydrogen) atoms. The molecule has 0 unspecified atom stereocenters. The summed E-state index contributed by atoms with van der Waals surface area (Å²) in [6.45, 7) is 4.23. The van der Waals surface area contributed by atoms with Gasteiger partial charge in [0, 0.05) is 11.0 Å². The second-order valence-electron chi connectivity index (χ2n) is 10.3. The lowest BCUT2D eigenvalue weighted by molar-refractivity contribution is 0.0366. The number of aromatic nitrogens is 7. The summed E-state index contributed by atoms with van der Waals surface area (Å²) in [5, 5.41) is 31.0. The molecule has 5 rings (SSSR count). The summed E-state index contributed by atoms with van der Waals surface area (Å²) in [7, 11) is 1.66. The van der Waals surface area contributed by atoms with Crippen LogP contribution in [-0.4, -0.2) is 56.2 Å². The standard InChI is InChI=1S/C22H27FN8OS3/c1-20-6-7-21(2,11-20)17(23)14(9-20)31(22(33,34)35)16-10-24-19(26-25-16)13-5-4-12(8-15(13)32)18-27-29-30(3)28-18/h4-5,8,10,14,17,32-35H,6-7,9,11H2,1-3H3/t14-,17-,20-,21-/m0/s1. The van der Waals surface area contributed by atoms with E-state index < -0.39 is 21.2 Å². The Morgan fingerprint density at radius 3 is 2.51 bits per heavy atom. The van der Waals surface area contributed by atoms with Crippen molar-refractivity contribution in [2.24, 2.45) is 17.9 Å². The number of tetrazole rings is 1. The van der Waals surface area contributed by atoms with Crippen LogP contribution in [0.25, 0.3) is 22.8 Å². The lowest BCUT2D eigenvalue weighted by Crippen LogP contribution is -2.57. The largest absolute Gasteiger partial charge is 0.507 e. The minimum absolute atomic E-state index is 0.0349. The molecule has 2 bridgehead atoms. The van der Waals surface area contributed by atoms with Crippen LogP contribution >= 0.6 is 37.9 Å². The van der Waals surface area contributed by atoms with E-state index >= 15 is 4.39 Å². The van der Waals surface area contributed by atoms with Crippen LogP contribution in [0.3, 0.4) is 0 Å². The zero-order valence-electron chi connectivity index (χ0n) is 19.5. The molecular weight excluding hydrogens is 507 g/mol. The number of aromatic hydroxyl groups is 1. The lowest BCUT2D eigenvalue weighted by atomic mass is 9.67. The molecular formula is C22H27FN8OS3. The summed E-state index contributed by atoms with van der Waals surface area (Å²) >= 11 is 13.6. The summed E-state index contributed by atoms with van der Waals surface area (Å²) in [5.74, 6) is 0.862. The number of thiol groups is 3. The van der Waals surface area contributed by atoms with E-state index in [-0.39, 0.29) is 17.0 Å². The van der Waals surface area contributed by atoms with Crippen molar-refractivity contribution >= 4 is 43.7 Å². The Kier molecular flexibility index (Phi) is 5.95. The molecule has 0 radical (unpaired) electrons. The van der Waals surface area contributed by atoms with Crippen molar-refractivity contribution in [2.75, 3.05) is 4.90 Å². The van der Waals surface area contributed by atoms with Crippen molar-refractivity contribution in [1.29, 1.82) is 0 Å². The number of alkyl halides is 1. The zero-order valence-corrected chi connectivity index (χ0v) is 22.2. The van der Waals surface area contributed by atoms with Crippen LogP contribution < -0.4 is 4.90 Å². The maximum Gasteiger partial charge on any atom is 0.205 e. The molecule has 0 aliphatic heterocycles. The van der Waals surface area contributed by atoms with E-state index in [2.05, 4.69) is 75.4 Å². The van der Waals surface area contributed by atoms with E-state index in [9.17, 15) is 5.11 Å². The van der Waals surface area contributed by atoms with Crippen LogP contribution in [0, 0.1) is 10.8 Å². The van der Waals surface area contributed by atoms with Crippen molar-refractivity contribution in [1.82, 2.24) is 35.4 Å². The maximum atomic E-state index is 15.9. The summed E-state index contributed by atoms with van der Waals surface area (Å²) in [6.07, 6.45) is 3.70. The number of aryl methyl sites for hydroxylation is 1. The number of nitrogens with zero attached hydrogens (tertiary/aromatic N) is 8. The second-order valence-corrected chi connectivity index (χ2v) is 13.3. The van der Waals surface area contributed by atoms with Crippen molar-refractivity contribution < 1.29 is 9.50 Å². The summed E-state index contributed by atoms with van der Waals surface area (Å²) in [6, 6.07) is 4.39. The number of benzene rings is 1. The molecule has 1 aromatic carbocycles. The quantitative estimate of drug-likeness (QED) is 0.288. The highest BCUT2D eigenvalue weighted by atomic mass is 32.2. The fraction of sp³-hybridized carbons (Fsp3) is 0.545. The van der Waals surface area contributed by atoms with Crippen LogP contribution in [0.4, 0.5) is 10.2 Å². The first-order chi connectivity index (χ1) is 16.4. The highest BCUT2D eigenvalue weighted by molar-refractivity contribution is 8.17. The van der Waals surface area contributed by atoms with E-state index in [1.807, 2.05) is 6.92 Å². The Labute approximate surface area is 219 Å². The van der Waals surface area contributed by atoms with Crippen molar-refractivity contribution in [3.8, 4) is 28.5 Å². The average Bonchev–Trinajstić information content (AvgIpc) is 3.33. The molecule has 2 saturated carbocycles. The van der Waals surface area contributed by atoms with Gasteiger partial charge in [-0.15, -0.1) is 58.3 Å². The molecule has 1 N–H and O–H groups in total. The highest BCUT2D eigenvalue weighted by Crippen LogP contribution is 2.61. The third-order valence-electron chi connectivity index (χ3n) is 7.29. The predicted molar refractivity (Wildman–Crippen MR) is 140 cm³/mol. The van der Waals surface area contributed by atoms with Gasteiger partial charge in [-0.3, -0.25) is 0 Å². The zero-order chi connectivity index (χ0) is 25.2. The van der Waals surface area contributed by atoms with Gasteiger partial charge >= 0.3 is 0 Å². The molecule has 2 aliphatic carbocycles. The number of halogens is 1. The van der Waals surface area contributed by atoms with Crippen LogP contribution in [0.15, 0.2) is 24.4 Å². The van der Waals surface area contributed by atoms with Gasteiger partial charge in [-0.2, -0.15) is 4.80 Å². The first kappa shape index (κ1) is 24.6. The molecule has 3 aromatic rings. The molecule has 2 heterocycles. The molecule has 4 atom stereocenters. The Hall–Kier alpha value is -2.12. The number of rotatable bonds is 5. The Morgan fingerprint density at radius 2 is 1.91 bits per heavy atom. The van der Waals surface area contributed by atoms with Crippen LogP contribution in [0.2, 0.25) is 0 Å². The third-order valence-corrected chi connectivity index (χ3v) is 7.94. The van der Waals surface area contributed by atoms with Crippen LogP contribution in [-0.2, 0) is 7.05 Å². The van der Waals surface area contributed by atoms with Crippen molar-refractivity contribution in [2.45, 2.75) is 55.3 Å². The maximum absolute atomic E-state index is 15.9. The lowest BCUT2D eigenvalue weighted by Gasteiger charge is -2.50. The molecule has 0 amide bonds. The fourth-order valence-corrected chi connectivity index (χ4v) is 6.50. The number of anilines is 1. The van der Waals surface area contributed by atoms with E-state index in [1.54, 1.807) is 24.1 Å². The number of fused-ring (bicyclic) bond motifs is 2. The molecule has 0 saturated heterocycles. The summed E-state index contributed by atoms with van der Waals surface area (Å²) in [4.78, 5) is 7.40. The van der Waals surface area contributed by atoms with Gasteiger partial charge in [0.15, 0.2) is 15.2 Å². The third kappa shape index (κ3) is 4.46. The van der Waals surface area contributed by atoms with E-state index in [0.717, 1.165) is 19.3 Å². The number of hydrogen-bond acceptors (Lipinski definition) is 11. The SMILES string of the molecule is Cn1nnc(-c2ccc(-c3ncc(N([C@H]4C[C@]5(C)CC[C@@](C)(C5)[C@H]4F)C(S)(S)S)nn3)c(O)c2)n1. The van der Waals surface area contributed by atoms with Gasteiger partial charge in [-0.05, 0) is 48.4 Å². The van der Waals surface area contributed by atoms with Gasteiger partial charge in [0.25, 0.3) is 0 Å². The van der Waals surface area contributed by atoms with Gasteiger partial charge < -0.3 is 10.0 Å². The predicted octanol–water partition coefficient (Wildman–Crippen LogP) is 3.95. The highest BCUT2D eigenvalue weighted by Gasteiger charge is 2.58. The van der Waals surface area contributed by atoms with Gasteiger partial charge in [0.05, 0.1) is 24.8 Å². The fourth-order valence-electron chi connectivity index (χ4n) is 5.75. The van der Waals surface area contributed by atoms with Gasteiger partial charge in [0.2, 0.25) is 5.82 Å². The molecule has 2 aromatic heterocycles. The van der Waals surface area contributed by atoms with E-state index in [1.165, 1.54) is 17.1 Å². The molecule has 2 fully saturated rings. The Bertz CT molecular complexity index is 1250. The monoisotopic (exact) mass is 534 g/mol. The molecule has 9 nitrogen and oxygen atoms in total. The average molecular weight is 535 g/mol. The second kappa shape index (κ2) is 8.48. The number of phenols is 1. The summed E-state index contributed by atoms with van der Waals surface area (Å²) < 4.78 is 14.6. The van der Waals surface area contributed by atoms with Crippen molar-refractivity contribution in [3.63, 3.8) is 0 Å². The minimum Gasteiger partial charge on any atom is -0.507 e. The first-order valence-electron chi connectivity index (χ1n) is 11.3. The Morgan fingerprint density at radius 1 is 1.14 bits per heavy atom. The summed E-state index contributed by atoms with van der Waals surface area (Å²) in [5.41, 5.74) is 0.606. The van der Waals surface area contributed by atoms with Crippen LogP contribution in [0.1, 0.15) is 39.5 Å². The van der Waals surface area contributed by atoms with E-state index in [0.29, 0.717) is 29.2 Å². The van der Waals surface area contributed by atoms with Crippen molar-refractivity contribution in [3.05, 3.63) is 24.4 Å². The van der Waals surface area contributed by atoms with E-state index in [4.69, 9.17) is 0 Å². The minimum atomic E-state index is -1.29. The van der Waals surface area contributed by atoms with Gasteiger partial charge in [-0.1, -0.05) is 19.9 Å². The number of hydrogen-bond donors (Lipinski definition) is 4. The molecule has 2 aliphatic rings. The number of phenolic OH excluding ortho intramolecular Hbond substituents is 1. The normalized spacial score (nSPS) is 28.3. The smallest absolute Gasteiger partial charge is 0.205 e. The Balaban J connectivity index is 1.45. The van der Waals surface area contributed by atoms with Gasteiger partial charge in [-0.25, -0.2) is 9.37 Å². The molecule has 186 valence electrons. The van der Waals surface area contributed by atoms with Gasteiger partial charge in [0.1, 0.15) is 11.9 Å². The molecule has 0 spiro atoms. The first-order valence-corrected chi connectivity index (χ1v) is 12.6.